The van der Waals surface area contributed by atoms with Crippen molar-refractivity contribution in [3.63, 3.8) is 0 Å². The van der Waals surface area contributed by atoms with Crippen molar-refractivity contribution in [2.24, 2.45) is 0 Å². The third-order valence-corrected chi connectivity index (χ3v) is 3.48. The Bertz CT molecular complexity index is 541. The first-order chi connectivity index (χ1) is 7.59. The smallest absolute Gasteiger partial charge is 0.335 e. The molecule has 1 aromatic carbocycles. The van der Waals surface area contributed by atoms with Gasteiger partial charge in [0, 0.05) is 0 Å². The van der Waals surface area contributed by atoms with Gasteiger partial charge in [0.25, 0.3) is 0 Å². The maximum Gasteiger partial charge on any atom is 0.335 e. The van der Waals surface area contributed by atoms with Crippen molar-refractivity contribution in [1.82, 2.24) is 0 Å². The topological polar surface area (TPSA) is 37.3 Å². The van der Waals surface area contributed by atoms with E-state index in [0.717, 1.165) is 11.1 Å². The molecule has 2 rings (SSSR count). The molecule has 0 aliphatic heterocycles. The lowest BCUT2D eigenvalue weighted by molar-refractivity contribution is 0.0697. The van der Waals surface area contributed by atoms with Crippen LogP contribution in [0.5, 0.6) is 0 Å². The average molecular weight is 232 g/mol. The molecule has 1 N–H and O–H groups in total. The van der Waals surface area contributed by atoms with E-state index in [0.29, 0.717) is 5.56 Å². The summed E-state index contributed by atoms with van der Waals surface area (Å²) in [6.07, 6.45) is 0. The van der Waals surface area contributed by atoms with Gasteiger partial charge in [0.15, 0.2) is 0 Å². The first kappa shape index (κ1) is 10.9. The lowest BCUT2D eigenvalue weighted by Crippen LogP contribution is -1.97. The van der Waals surface area contributed by atoms with E-state index < -0.39 is 5.97 Å². The molecule has 0 unspecified atom stereocenters. The highest BCUT2D eigenvalue weighted by atomic mass is 32.1. The number of hydrogen-bond donors (Lipinski definition) is 1. The van der Waals surface area contributed by atoms with Gasteiger partial charge in [-0.3, -0.25) is 0 Å². The van der Waals surface area contributed by atoms with Crippen molar-refractivity contribution in [3.05, 3.63) is 45.6 Å². The normalized spacial score (nSPS) is 10.4. The summed E-state index contributed by atoms with van der Waals surface area (Å²) in [7, 11) is 0. The van der Waals surface area contributed by atoms with Gasteiger partial charge in [-0.25, -0.2) is 4.79 Å². The van der Waals surface area contributed by atoms with E-state index in [4.69, 9.17) is 5.11 Å². The number of carboxylic acid groups (broad SMARTS) is 1. The van der Waals surface area contributed by atoms with Crippen LogP contribution in [0.1, 0.15) is 21.5 Å². The summed E-state index contributed by atoms with van der Waals surface area (Å²) in [6.45, 7) is 4.01. The highest BCUT2D eigenvalue weighted by Crippen LogP contribution is 2.29. The summed E-state index contributed by atoms with van der Waals surface area (Å²) in [6, 6.07) is 5.25. The minimum atomic E-state index is -0.878. The van der Waals surface area contributed by atoms with Crippen molar-refractivity contribution in [2.75, 3.05) is 0 Å². The van der Waals surface area contributed by atoms with Gasteiger partial charge in [0.05, 0.1) is 5.56 Å². The van der Waals surface area contributed by atoms with Crippen molar-refractivity contribution in [2.45, 2.75) is 13.8 Å². The quantitative estimate of drug-likeness (QED) is 0.856. The standard InChI is InChI=1S/C13H12O2S/c1-8-5-10(13(14)15)3-4-11(8)12-7-16-6-9(12)2/h3-7H,1-2H3,(H,14,15). The Morgan fingerprint density at radius 2 is 1.88 bits per heavy atom. The molecule has 2 nitrogen and oxygen atoms in total. The average Bonchev–Trinajstić information content (AvgIpc) is 2.64. The maximum atomic E-state index is 10.8. The molecule has 82 valence electrons. The Hall–Kier alpha value is -1.61. The zero-order valence-electron chi connectivity index (χ0n) is 9.15. The van der Waals surface area contributed by atoms with Crippen LogP contribution in [-0.4, -0.2) is 11.1 Å². The van der Waals surface area contributed by atoms with Crippen molar-refractivity contribution in [1.29, 1.82) is 0 Å². The van der Waals surface area contributed by atoms with Crippen LogP contribution in [0.25, 0.3) is 11.1 Å². The summed E-state index contributed by atoms with van der Waals surface area (Å²) in [4.78, 5) is 10.8. The number of thiophene rings is 1. The number of benzene rings is 1. The van der Waals surface area contributed by atoms with E-state index in [9.17, 15) is 4.79 Å². The van der Waals surface area contributed by atoms with Crippen LogP contribution in [0.3, 0.4) is 0 Å². The number of carbonyl (C=O) groups is 1. The van der Waals surface area contributed by atoms with E-state index in [1.165, 1.54) is 11.1 Å². The summed E-state index contributed by atoms with van der Waals surface area (Å²) < 4.78 is 0. The molecule has 0 spiro atoms. The Kier molecular flexibility index (Phi) is 2.79. The fourth-order valence-electron chi connectivity index (χ4n) is 1.74. The monoisotopic (exact) mass is 232 g/mol. The maximum absolute atomic E-state index is 10.8. The molecule has 0 bridgehead atoms. The lowest BCUT2D eigenvalue weighted by atomic mass is 9.98. The first-order valence-corrected chi connectivity index (χ1v) is 5.91. The molecule has 0 aliphatic rings. The molecule has 0 radical (unpaired) electrons. The minimum absolute atomic E-state index is 0.342. The number of aromatic carboxylic acids is 1. The SMILES string of the molecule is Cc1cc(C(=O)O)ccc1-c1cscc1C. The van der Waals surface area contributed by atoms with Crippen LogP contribution in [0, 0.1) is 13.8 Å². The predicted octanol–water partition coefficient (Wildman–Crippen LogP) is 3.73. The molecule has 16 heavy (non-hydrogen) atoms. The second-order valence-corrected chi connectivity index (χ2v) is 4.55. The molecule has 3 heteroatoms. The van der Waals surface area contributed by atoms with Crippen molar-refractivity contribution >= 4 is 17.3 Å². The zero-order valence-corrected chi connectivity index (χ0v) is 9.97. The third kappa shape index (κ3) is 1.86. The molecule has 0 atom stereocenters. The van der Waals surface area contributed by atoms with E-state index in [-0.39, 0.29) is 0 Å². The van der Waals surface area contributed by atoms with E-state index in [2.05, 4.69) is 17.7 Å². The third-order valence-electron chi connectivity index (χ3n) is 2.62. The zero-order chi connectivity index (χ0) is 11.7. The van der Waals surface area contributed by atoms with E-state index >= 15 is 0 Å². The molecule has 0 saturated heterocycles. The molecule has 1 aromatic heterocycles. The van der Waals surface area contributed by atoms with Gasteiger partial charge in [0.1, 0.15) is 0 Å². The number of hydrogen-bond acceptors (Lipinski definition) is 2. The molecule has 0 amide bonds. The van der Waals surface area contributed by atoms with Gasteiger partial charge in [0.2, 0.25) is 0 Å². The molecule has 0 fully saturated rings. The van der Waals surface area contributed by atoms with Gasteiger partial charge < -0.3 is 5.11 Å². The molecule has 2 aromatic rings. The second-order valence-electron chi connectivity index (χ2n) is 3.80. The summed E-state index contributed by atoms with van der Waals surface area (Å²) in [5, 5.41) is 13.1. The molecule has 1 heterocycles. The largest absolute Gasteiger partial charge is 0.478 e. The fourth-order valence-corrected chi connectivity index (χ4v) is 2.58. The second kappa shape index (κ2) is 4.10. The van der Waals surface area contributed by atoms with Crippen LogP contribution in [-0.2, 0) is 0 Å². The van der Waals surface area contributed by atoms with Crippen molar-refractivity contribution in [3.8, 4) is 11.1 Å². The van der Waals surface area contributed by atoms with Crippen LogP contribution in [0.15, 0.2) is 29.0 Å². The Morgan fingerprint density at radius 3 is 2.38 bits per heavy atom. The number of aryl methyl sites for hydroxylation is 2. The summed E-state index contributed by atoms with van der Waals surface area (Å²) in [5.41, 5.74) is 4.88. The van der Waals surface area contributed by atoms with Crippen molar-refractivity contribution < 1.29 is 9.90 Å². The van der Waals surface area contributed by atoms with Crippen LogP contribution in [0.2, 0.25) is 0 Å². The Morgan fingerprint density at radius 1 is 1.12 bits per heavy atom. The highest BCUT2D eigenvalue weighted by Gasteiger charge is 2.09. The lowest BCUT2D eigenvalue weighted by Gasteiger charge is -2.06. The Balaban J connectivity index is 2.52. The van der Waals surface area contributed by atoms with Crippen LogP contribution >= 0.6 is 11.3 Å². The summed E-state index contributed by atoms with van der Waals surface area (Å²) in [5.74, 6) is -0.878. The molecule has 0 aliphatic carbocycles. The van der Waals surface area contributed by atoms with E-state index in [1.807, 2.05) is 13.0 Å². The van der Waals surface area contributed by atoms with Crippen LogP contribution < -0.4 is 0 Å². The van der Waals surface area contributed by atoms with Crippen LogP contribution in [0.4, 0.5) is 0 Å². The van der Waals surface area contributed by atoms with Gasteiger partial charge >= 0.3 is 5.97 Å². The number of rotatable bonds is 2. The highest BCUT2D eigenvalue weighted by molar-refractivity contribution is 7.08. The van der Waals surface area contributed by atoms with Gasteiger partial charge in [-0.05, 0) is 59.0 Å². The minimum Gasteiger partial charge on any atom is -0.478 e. The first-order valence-electron chi connectivity index (χ1n) is 4.96. The summed E-state index contributed by atoms with van der Waals surface area (Å²) >= 11 is 1.66. The Labute approximate surface area is 98.2 Å². The van der Waals surface area contributed by atoms with Gasteiger partial charge in [-0.2, -0.15) is 11.3 Å². The fraction of sp³-hybridized carbons (Fsp3) is 0.154. The number of carboxylic acids is 1. The predicted molar refractivity (Wildman–Crippen MR) is 66.2 cm³/mol. The molecular formula is C13H12O2S. The molecule has 0 saturated carbocycles. The van der Waals surface area contributed by atoms with E-state index in [1.54, 1.807) is 23.5 Å². The van der Waals surface area contributed by atoms with Gasteiger partial charge in [-0.1, -0.05) is 6.07 Å². The molecular weight excluding hydrogens is 220 g/mol. The van der Waals surface area contributed by atoms with Gasteiger partial charge in [-0.15, -0.1) is 0 Å².